The van der Waals surface area contributed by atoms with Gasteiger partial charge in [-0.05, 0) is 37.5 Å². The maximum Gasteiger partial charge on any atom is 0.303 e. The van der Waals surface area contributed by atoms with E-state index in [0.717, 1.165) is 24.2 Å². The Labute approximate surface area is 140 Å². The van der Waals surface area contributed by atoms with E-state index in [9.17, 15) is 9.59 Å². The number of aliphatic carboxylic acids is 1. The molecule has 1 amide bonds. The Balaban J connectivity index is 1.83. The third kappa shape index (κ3) is 3.64. The predicted octanol–water partition coefficient (Wildman–Crippen LogP) is 2.69. The standard InChI is InChI=1S/C18H21N3O3/c1-20(11-5-8-17(22)23)18(24)16-12-15(13-9-10-13)19-21(16)14-6-3-2-4-7-14/h2-4,6-7,12-13H,5,8-11H2,1H3,(H,22,23). The molecule has 1 heterocycles. The minimum Gasteiger partial charge on any atom is -0.481 e. The van der Waals surface area contributed by atoms with Crippen molar-refractivity contribution in [2.75, 3.05) is 13.6 Å². The Morgan fingerprint density at radius 1 is 1.29 bits per heavy atom. The van der Waals surface area contributed by atoms with Gasteiger partial charge < -0.3 is 10.0 Å². The number of carboxylic acid groups (broad SMARTS) is 1. The molecule has 1 saturated carbocycles. The zero-order chi connectivity index (χ0) is 17.1. The molecule has 0 unspecified atom stereocenters. The average Bonchev–Trinajstić information content (AvgIpc) is 3.33. The maximum atomic E-state index is 12.8. The molecular formula is C18H21N3O3. The molecule has 2 aromatic rings. The molecule has 6 heteroatoms. The molecule has 0 radical (unpaired) electrons. The molecule has 1 aromatic carbocycles. The Morgan fingerprint density at radius 3 is 2.62 bits per heavy atom. The lowest BCUT2D eigenvalue weighted by Gasteiger charge is -2.17. The van der Waals surface area contributed by atoms with Crippen molar-refractivity contribution < 1.29 is 14.7 Å². The first-order chi connectivity index (χ1) is 11.6. The van der Waals surface area contributed by atoms with Crippen molar-refractivity contribution in [2.24, 2.45) is 0 Å². The van der Waals surface area contributed by atoms with Crippen molar-refractivity contribution >= 4 is 11.9 Å². The van der Waals surface area contributed by atoms with Crippen molar-refractivity contribution in [2.45, 2.75) is 31.6 Å². The van der Waals surface area contributed by atoms with Gasteiger partial charge in [-0.25, -0.2) is 4.68 Å². The number of carbonyl (C=O) groups is 2. The number of hydrogen-bond acceptors (Lipinski definition) is 3. The van der Waals surface area contributed by atoms with E-state index in [1.807, 2.05) is 36.4 Å². The second-order valence-electron chi connectivity index (χ2n) is 6.20. The summed E-state index contributed by atoms with van der Waals surface area (Å²) in [5, 5.41) is 13.4. The van der Waals surface area contributed by atoms with Crippen LogP contribution in [0.15, 0.2) is 36.4 Å². The fourth-order valence-electron chi connectivity index (χ4n) is 2.66. The lowest BCUT2D eigenvalue weighted by Crippen LogP contribution is -2.30. The SMILES string of the molecule is CN(CCCC(=O)O)C(=O)c1cc(C2CC2)nn1-c1ccccc1. The van der Waals surface area contributed by atoms with E-state index in [0.29, 0.717) is 24.6 Å². The summed E-state index contributed by atoms with van der Waals surface area (Å²) in [5.74, 6) is -0.524. The molecule has 1 N–H and O–H groups in total. The van der Waals surface area contributed by atoms with Gasteiger partial charge in [-0.1, -0.05) is 18.2 Å². The van der Waals surface area contributed by atoms with Crippen LogP contribution < -0.4 is 0 Å². The van der Waals surface area contributed by atoms with Crippen molar-refractivity contribution in [1.29, 1.82) is 0 Å². The van der Waals surface area contributed by atoms with Crippen LogP contribution in [-0.4, -0.2) is 45.3 Å². The number of rotatable bonds is 7. The van der Waals surface area contributed by atoms with Crippen LogP contribution in [0.2, 0.25) is 0 Å². The van der Waals surface area contributed by atoms with E-state index >= 15 is 0 Å². The largest absolute Gasteiger partial charge is 0.481 e. The second-order valence-corrected chi connectivity index (χ2v) is 6.20. The van der Waals surface area contributed by atoms with Gasteiger partial charge in [0.05, 0.1) is 11.4 Å². The third-order valence-electron chi connectivity index (χ3n) is 4.17. The van der Waals surface area contributed by atoms with Gasteiger partial charge in [0.15, 0.2) is 0 Å². The Morgan fingerprint density at radius 2 is 2.00 bits per heavy atom. The van der Waals surface area contributed by atoms with Gasteiger partial charge in [-0.2, -0.15) is 5.10 Å². The van der Waals surface area contributed by atoms with Gasteiger partial charge in [-0.3, -0.25) is 9.59 Å². The van der Waals surface area contributed by atoms with Crippen LogP contribution in [0.3, 0.4) is 0 Å². The average molecular weight is 327 g/mol. The van der Waals surface area contributed by atoms with Crippen LogP contribution in [0.25, 0.3) is 5.69 Å². The predicted molar refractivity (Wildman–Crippen MR) is 89.4 cm³/mol. The van der Waals surface area contributed by atoms with Crippen LogP contribution in [0, 0.1) is 0 Å². The summed E-state index contributed by atoms with van der Waals surface area (Å²) in [6.45, 7) is 0.407. The normalized spacial score (nSPS) is 13.7. The molecule has 1 aromatic heterocycles. The highest BCUT2D eigenvalue weighted by molar-refractivity contribution is 5.93. The number of para-hydroxylation sites is 1. The summed E-state index contributed by atoms with van der Waals surface area (Å²) in [6.07, 6.45) is 2.73. The van der Waals surface area contributed by atoms with E-state index in [-0.39, 0.29) is 12.3 Å². The molecule has 3 rings (SSSR count). The van der Waals surface area contributed by atoms with Crippen molar-refractivity contribution in [3.8, 4) is 5.69 Å². The van der Waals surface area contributed by atoms with E-state index in [4.69, 9.17) is 5.11 Å². The summed E-state index contributed by atoms with van der Waals surface area (Å²) >= 11 is 0. The molecule has 126 valence electrons. The van der Waals surface area contributed by atoms with Crippen molar-refractivity contribution in [3.05, 3.63) is 47.8 Å². The second kappa shape index (κ2) is 6.86. The summed E-state index contributed by atoms with van der Waals surface area (Å²) < 4.78 is 1.70. The fourth-order valence-corrected chi connectivity index (χ4v) is 2.66. The fraction of sp³-hybridized carbons (Fsp3) is 0.389. The summed E-state index contributed by atoms with van der Waals surface area (Å²) in [6, 6.07) is 11.5. The Kier molecular flexibility index (Phi) is 4.64. The number of nitrogens with zero attached hydrogens (tertiary/aromatic N) is 3. The van der Waals surface area contributed by atoms with Gasteiger partial charge in [0.2, 0.25) is 0 Å². The summed E-state index contributed by atoms with van der Waals surface area (Å²) in [7, 11) is 1.70. The summed E-state index contributed by atoms with van der Waals surface area (Å²) in [4.78, 5) is 25.0. The van der Waals surface area contributed by atoms with E-state index < -0.39 is 5.97 Å². The molecule has 0 saturated heterocycles. The van der Waals surface area contributed by atoms with E-state index in [2.05, 4.69) is 5.10 Å². The molecule has 1 fully saturated rings. The van der Waals surface area contributed by atoms with Crippen molar-refractivity contribution in [1.82, 2.24) is 14.7 Å². The summed E-state index contributed by atoms with van der Waals surface area (Å²) in [5.41, 5.74) is 2.34. The van der Waals surface area contributed by atoms with Crippen LogP contribution >= 0.6 is 0 Å². The smallest absolute Gasteiger partial charge is 0.303 e. The highest BCUT2D eigenvalue weighted by Crippen LogP contribution is 2.39. The molecule has 24 heavy (non-hydrogen) atoms. The monoisotopic (exact) mass is 327 g/mol. The van der Waals surface area contributed by atoms with Gasteiger partial charge in [0.1, 0.15) is 5.69 Å². The quantitative estimate of drug-likeness (QED) is 0.848. The molecule has 0 atom stereocenters. The van der Waals surface area contributed by atoms with Gasteiger partial charge in [-0.15, -0.1) is 0 Å². The Bertz CT molecular complexity index is 735. The van der Waals surface area contributed by atoms with Gasteiger partial charge in [0.25, 0.3) is 5.91 Å². The third-order valence-corrected chi connectivity index (χ3v) is 4.17. The highest BCUT2D eigenvalue weighted by Gasteiger charge is 2.29. The van der Waals surface area contributed by atoms with Gasteiger partial charge in [0, 0.05) is 25.9 Å². The molecule has 0 aliphatic heterocycles. The van der Waals surface area contributed by atoms with E-state index in [1.54, 1.807) is 16.6 Å². The van der Waals surface area contributed by atoms with Crippen LogP contribution in [0.1, 0.15) is 47.8 Å². The highest BCUT2D eigenvalue weighted by atomic mass is 16.4. The molecule has 1 aliphatic rings. The minimum absolute atomic E-state index is 0.0584. The minimum atomic E-state index is -0.846. The topological polar surface area (TPSA) is 75.4 Å². The molecular weight excluding hydrogens is 306 g/mol. The first-order valence-electron chi connectivity index (χ1n) is 8.19. The number of amides is 1. The first-order valence-corrected chi connectivity index (χ1v) is 8.19. The van der Waals surface area contributed by atoms with E-state index in [1.165, 1.54) is 0 Å². The number of carboxylic acids is 1. The zero-order valence-electron chi connectivity index (χ0n) is 13.7. The zero-order valence-corrected chi connectivity index (χ0v) is 13.7. The van der Waals surface area contributed by atoms with Crippen molar-refractivity contribution in [3.63, 3.8) is 0 Å². The Hall–Kier alpha value is -2.63. The molecule has 6 nitrogen and oxygen atoms in total. The van der Waals surface area contributed by atoms with Crippen LogP contribution in [-0.2, 0) is 4.79 Å². The van der Waals surface area contributed by atoms with Gasteiger partial charge >= 0.3 is 5.97 Å². The number of carbonyl (C=O) groups excluding carboxylic acids is 1. The molecule has 0 bridgehead atoms. The molecule has 0 spiro atoms. The lowest BCUT2D eigenvalue weighted by atomic mass is 10.2. The first kappa shape index (κ1) is 16.2. The lowest BCUT2D eigenvalue weighted by molar-refractivity contribution is -0.137. The van der Waals surface area contributed by atoms with Crippen LogP contribution in [0.4, 0.5) is 0 Å². The number of aromatic nitrogens is 2. The maximum absolute atomic E-state index is 12.8. The molecule has 1 aliphatic carbocycles. The number of hydrogen-bond donors (Lipinski definition) is 1. The van der Waals surface area contributed by atoms with Crippen LogP contribution in [0.5, 0.6) is 0 Å². The number of benzene rings is 1.